The normalized spacial score (nSPS) is 12.6. The Kier molecular flexibility index (Phi) is 5.43. The lowest BCUT2D eigenvalue weighted by Crippen LogP contribution is -2.23. The molecule has 0 N–H and O–H groups in total. The van der Waals surface area contributed by atoms with Gasteiger partial charge in [-0.2, -0.15) is 9.50 Å². The first-order valence-electron chi connectivity index (χ1n) is 10.1. The molecule has 4 rings (SSSR count). The summed E-state index contributed by atoms with van der Waals surface area (Å²) in [6.45, 7) is 9.31. The third kappa shape index (κ3) is 4.14. The van der Waals surface area contributed by atoms with Crippen LogP contribution in [0.3, 0.4) is 0 Å². The molecule has 0 saturated heterocycles. The summed E-state index contributed by atoms with van der Waals surface area (Å²) in [6, 6.07) is 15.9. The van der Waals surface area contributed by atoms with Crippen molar-refractivity contribution in [1.82, 2.24) is 14.6 Å². The van der Waals surface area contributed by atoms with Gasteiger partial charge in [-0.3, -0.25) is 4.79 Å². The van der Waals surface area contributed by atoms with Crippen LogP contribution in [0, 0.1) is 0 Å². The minimum Gasteiger partial charge on any atom is -0.494 e. The van der Waals surface area contributed by atoms with Gasteiger partial charge in [0, 0.05) is 5.56 Å². The monoisotopic (exact) mass is 419 g/mol. The van der Waals surface area contributed by atoms with Crippen molar-refractivity contribution in [1.29, 1.82) is 0 Å². The van der Waals surface area contributed by atoms with Gasteiger partial charge in [-0.05, 0) is 41.2 Å². The Hall–Kier alpha value is -2.99. The van der Waals surface area contributed by atoms with E-state index in [4.69, 9.17) is 4.74 Å². The van der Waals surface area contributed by atoms with Crippen LogP contribution in [0.5, 0.6) is 5.75 Å². The molecule has 2 aromatic heterocycles. The van der Waals surface area contributed by atoms with Gasteiger partial charge in [-0.15, -0.1) is 5.10 Å². The average molecular weight is 420 g/mol. The van der Waals surface area contributed by atoms with Gasteiger partial charge in [-0.1, -0.05) is 75.4 Å². The highest BCUT2D eigenvalue weighted by molar-refractivity contribution is 7.15. The minimum atomic E-state index is -0.147. The molecule has 0 aliphatic heterocycles. The fourth-order valence-corrected chi connectivity index (χ4v) is 4.01. The maximum absolute atomic E-state index is 12.8. The van der Waals surface area contributed by atoms with Gasteiger partial charge in [-0.25, -0.2) is 0 Å². The van der Waals surface area contributed by atoms with E-state index in [1.54, 1.807) is 0 Å². The molecular formula is C24H25N3O2S. The molecule has 2 heterocycles. The van der Waals surface area contributed by atoms with Crippen LogP contribution in [-0.4, -0.2) is 21.2 Å². The molecule has 0 unspecified atom stereocenters. The van der Waals surface area contributed by atoms with Crippen molar-refractivity contribution >= 4 is 22.4 Å². The Morgan fingerprint density at radius 2 is 1.77 bits per heavy atom. The first kappa shape index (κ1) is 20.3. The molecule has 2 aromatic carbocycles. The van der Waals surface area contributed by atoms with Crippen molar-refractivity contribution in [3.63, 3.8) is 0 Å². The summed E-state index contributed by atoms with van der Waals surface area (Å²) in [5.74, 6) is 1.41. The molecular weight excluding hydrogens is 394 g/mol. The highest BCUT2D eigenvalue weighted by Crippen LogP contribution is 2.25. The largest absolute Gasteiger partial charge is 0.494 e. The summed E-state index contributed by atoms with van der Waals surface area (Å²) >= 11 is 1.35. The standard InChI is InChI=1S/C24H25N3O2S/c1-5-14-29-19-12-6-16(7-13-19)15-20-22(28)27-23(30-20)25-21(26-27)17-8-10-18(11-9-17)24(2,3)4/h6-13,15H,5,14H2,1-4H3/b20-15+. The third-order valence-corrected chi connectivity index (χ3v) is 5.80. The molecule has 4 aromatic rings. The number of benzene rings is 2. The molecule has 0 spiro atoms. The molecule has 0 amide bonds. The quantitative estimate of drug-likeness (QED) is 0.479. The van der Waals surface area contributed by atoms with Crippen molar-refractivity contribution in [2.75, 3.05) is 6.61 Å². The van der Waals surface area contributed by atoms with Gasteiger partial charge in [0.2, 0.25) is 4.96 Å². The summed E-state index contributed by atoms with van der Waals surface area (Å²) in [6.07, 6.45) is 2.84. The van der Waals surface area contributed by atoms with Crippen LogP contribution in [0.4, 0.5) is 0 Å². The van der Waals surface area contributed by atoms with Gasteiger partial charge in [0.1, 0.15) is 5.75 Å². The molecule has 5 nitrogen and oxygen atoms in total. The van der Waals surface area contributed by atoms with E-state index >= 15 is 0 Å². The Labute approximate surface area is 179 Å². The van der Waals surface area contributed by atoms with Crippen molar-refractivity contribution in [2.24, 2.45) is 0 Å². The summed E-state index contributed by atoms with van der Waals surface area (Å²) in [5.41, 5.74) is 3.05. The predicted octanol–water partition coefficient (Wildman–Crippen LogP) is 4.45. The second-order valence-corrected chi connectivity index (χ2v) is 9.30. The molecule has 0 bridgehead atoms. The first-order chi connectivity index (χ1) is 14.3. The van der Waals surface area contributed by atoms with E-state index in [-0.39, 0.29) is 11.0 Å². The van der Waals surface area contributed by atoms with E-state index in [1.165, 1.54) is 21.4 Å². The fourth-order valence-electron chi connectivity index (χ4n) is 3.11. The van der Waals surface area contributed by atoms with E-state index in [1.807, 2.05) is 42.5 Å². The highest BCUT2D eigenvalue weighted by Gasteiger charge is 2.15. The summed E-state index contributed by atoms with van der Waals surface area (Å²) in [5, 5.41) is 4.45. The average Bonchev–Trinajstić information content (AvgIpc) is 3.27. The number of fused-ring (bicyclic) bond motifs is 1. The number of thiazole rings is 1. The predicted molar refractivity (Wildman–Crippen MR) is 122 cm³/mol. The SMILES string of the molecule is CCCOc1ccc(/C=c2/sc3nc(-c4ccc(C(C)(C)C)cc4)nn3c2=O)cc1. The zero-order chi connectivity index (χ0) is 21.3. The van der Waals surface area contributed by atoms with Crippen LogP contribution in [0.15, 0.2) is 53.3 Å². The van der Waals surface area contributed by atoms with Crippen molar-refractivity contribution < 1.29 is 4.74 Å². The molecule has 30 heavy (non-hydrogen) atoms. The lowest BCUT2D eigenvalue weighted by molar-refractivity contribution is 0.317. The van der Waals surface area contributed by atoms with E-state index < -0.39 is 0 Å². The maximum atomic E-state index is 12.8. The molecule has 0 atom stereocenters. The topological polar surface area (TPSA) is 56.5 Å². The zero-order valence-electron chi connectivity index (χ0n) is 17.7. The lowest BCUT2D eigenvalue weighted by atomic mass is 9.87. The van der Waals surface area contributed by atoms with Crippen LogP contribution in [0.25, 0.3) is 22.4 Å². The molecule has 0 aliphatic carbocycles. The Bertz CT molecular complexity index is 1260. The van der Waals surface area contributed by atoms with Crippen LogP contribution in [0.2, 0.25) is 0 Å². The number of hydrogen-bond donors (Lipinski definition) is 0. The fraction of sp³-hybridized carbons (Fsp3) is 0.292. The van der Waals surface area contributed by atoms with E-state index in [0.29, 0.717) is 21.9 Å². The van der Waals surface area contributed by atoms with Gasteiger partial charge >= 0.3 is 0 Å². The van der Waals surface area contributed by atoms with Gasteiger partial charge in [0.15, 0.2) is 5.82 Å². The third-order valence-electron chi connectivity index (χ3n) is 4.84. The van der Waals surface area contributed by atoms with Crippen LogP contribution >= 0.6 is 11.3 Å². The number of aromatic nitrogens is 3. The minimum absolute atomic E-state index is 0.0910. The molecule has 6 heteroatoms. The summed E-state index contributed by atoms with van der Waals surface area (Å²) in [7, 11) is 0. The van der Waals surface area contributed by atoms with Crippen molar-refractivity contribution in [2.45, 2.75) is 39.5 Å². The first-order valence-corrected chi connectivity index (χ1v) is 10.9. The summed E-state index contributed by atoms with van der Waals surface area (Å²) < 4.78 is 7.61. The highest BCUT2D eigenvalue weighted by atomic mass is 32.1. The Balaban J connectivity index is 1.62. The zero-order valence-corrected chi connectivity index (χ0v) is 18.5. The van der Waals surface area contributed by atoms with Crippen LogP contribution in [0.1, 0.15) is 45.2 Å². The smallest absolute Gasteiger partial charge is 0.291 e. The lowest BCUT2D eigenvalue weighted by Gasteiger charge is -2.18. The maximum Gasteiger partial charge on any atom is 0.291 e. The number of rotatable bonds is 5. The Morgan fingerprint density at radius 1 is 1.07 bits per heavy atom. The van der Waals surface area contributed by atoms with E-state index in [2.05, 4.69) is 49.9 Å². The van der Waals surface area contributed by atoms with E-state index in [9.17, 15) is 4.79 Å². The molecule has 0 aliphatic rings. The molecule has 0 fully saturated rings. The molecule has 154 valence electrons. The van der Waals surface area contributed by atoms with Gasteiger partial charge in [0.05, 0.1) is 11.1 Å². The van der Waals surface area contributed by atoms with Crippen molar-refractivity contribution in [3.05, 3.63) is 74.5 Å². The van der Waals surface area contributed by atoms with E-state index in [0.717, 1.165) is 23.3 Å². The number of ether oxygens (including phenoxy) is 1. The van der Waals surface area contributed by atoms with Crippen molar-refractivity contribution in [3.8, 4) is 17.1 Å². The summed E-state index contributed by atoms with van der Waals surface area (Å²) in [4.78, 5) is 18.0. The van der Waals surface area contributed by atoms with Crippen LogP contribution < -0.4 is 14.8 Å². The Morgan fingerprint density at radius 3 is 2.37 bits per heavy atom. The number of nitrogens with zero attached hydrogens (tertiary/aromatic N) is 3. The molecule has 0 radical (unpaired) electrons. The van der Waals surface area contributed by atoms with Crippen LogP contribution in [-0.2, 0) is 5.41 Å². The van der Waals surface area contributed by atoms with Gasteiger partial charge in [0.25, 0.3) is 5.56 Å². The number of hydrogen-bond acceptors (Lipinski definition) is 5. The second kappa shape index (κ2) is 8.03. The molecule has 0 saturated carbocycles. The second-order valence-electron chi connectivity index (χ2n) is 8.29. The van der Waals surface area contributed by atoms with Gasteiger partial charge < -0.3 is 4.74 Å².